The number of hydrogen-bond acceptors (Lipinski definition) is 3. The first kappa shape index (κ1) is 14.8. The molecule has 0 amide bonds. The van der Waals surface area contributed by atoms with Gasteiger partial charge in [0.1, 0.15) is 0 Å². The van der Waals surface area contributed by atoms with Crippen LogP contribution in [0.2, 0.25) is 0 Å². The highest BCUT2D eigenvalue weighted by molar-refractivity contribution is 8.00. The summed E-state index contributed by atoms with van der Waals surface area (Å²) >= 11 is 7.19. The molecule has 1 unspecified atom stereocenters. The van der Waals surface area contributed by atoms with E-state index in [0.717, 1.165) is 19.5 Å². The van der Waals surface area contributed by atoms with E-state index < -0.39 is 0 Å². The van der Waals surface area contributed by atoms with Crippen LogP contribution in [0.25, 0.3) is 0 Å². The van der Waals surface area contributed by atoms with Crippen LogP contribution in [0.5, 0.6) is 0 Å². The molecule has 1 fully saturated rings. The van der Waals surface area contributed by atoms with Gasteiger partial charge in [-0.25, -0.2) is 0 Å². The van der Waals surface area contributed by atoms with Gasteiger partial charge in [-0.2, -0.15) is 11.8 Å². The van der Waals surface area contributed by atoms with Gasteiger partial charge in [0.15, 0.2) is 0 Å². The van der Waals surface area contributed by atoms with E-state index in [1.165, 1.54) is 11.3 Å². The summed E-state index contributed by atoms with van der Waals surface area (Å²) in [6.45, 7) is 6.81. The van der Waals surface area contributed by atoms with Gasteiger partial charge < -0.3 is 5.73 Å². The molecule has 0 saturated carbocycles. The molecular weight excluding hydrogens is 272 g/mol. The molecule has 1 aromatic rings. The summed E-state index contributed by atoms with van der Waals surface area (Å²) in [6, 6.07) is 10.9. The third-order valence-corrected chi connectivity index (χ3v) is 4.94. The molecule has 2 N–H and O–H groups in total. The van der Waals surface area contributed by atoms with Crippen molar-refractivity contribution in [3.8, 4) is 0 Å². The Morgan fingerprint density at radius 1 is 1.42 bits per heavy atom. The monoisotopic (exact) mass is 294 g/mol. The van der Waals surface area contributed by atoms with Crippen molar-refractivity contribution in [1.82, 2.24) is 4.90 Å². The minimum Gasteiger partial charge on any atom is -0.393 e. The van der Waals surface area contributed by atoms with Gasteiger partial charge >= 0.3 is 0 Å². The van der Waals surface area contributed by atoms with Gasteiger partial charge in [0.25, 0.3) is 0 Å². The number of hydrogen-bond donors (Lipinski definition) is 1. The standard InChI is InChI=1S/C15H22N2S2/c1-15(2)11-17(8-9-19-15)13(10-14(16)18)12-6-4-3-5-7-12/h3-7,13H,8-11H2,1-2H3,(H2,16,18). The Morgan fingerprint density at radius 2 is 2.11 bits per heavy atom. The van der Waals surface area contributed by atoms with Gasteiger partial charge in [-0.1, -0.05) is 42.5 Å². The lowest BCUT2D eigenvalue weighted by molar-refractivity contribution is 0.192. The molecule has 0 spiro atoms. The van der Waals surface area contributed by atoms with E-state index in [9.17, 15) is 0 Å². The van der Waals surface area contributed by atoms with Gasteiger partial charge in [-0.3, -0.25) is 4.90 Å². The minimum absolute atomic E-state index is 0.307. The number of rotatable bonds is 4. The quantitative estimate of drug-likeness (QED) is 0.863. The Balaban J connectivity index is 2.20. The van der Waals surface area contributed by atoms with Crippen molar-refractivity contribution >= 4 is 29.0 Å². The molecule has 0 aliphatic carbocycles. The van der Waals surface area contributed by atoms with E-state index >= 15 is 0 Å². The second-order valence-electron chi connectivity index (χ2n) is 5.68. The molecule has 1 aromatic carbocycles. The van der Waals surface area contributed by atoms with Crippen LogP contribution in [0.4, 0.5) is 0 Å². The van der Waals surface area contributed by atoms with E-state index in [4.69, 9.17) is 18.0 Å². The predicted octanol–water partition coefficient (Wildman–Crippen LogP) is 3.23. The van der Waals surface area contributed by atoms with Crippen molar-refractivity contribution in [2.45, 2.75) is 31.1 Å². The summed E-state index contributed by atoms with van der Waals surface area (Å²) in [7, 11) is 0. The Bertz CT molecular complexity index is 431. The molecule has 2 nitrogen and oxygen atoms in total. The maximum atomic E-state index is 5.80. The molecule has 19 heavy (non-hydrogen) atoms. The first-order chi connectivity index (χ1) is 8.98. The van der Waals surface area contributed by atoms with Crippen molar-refractivity contribution in [1.29, 1.82) is 0 Å². The topological polar surface area (TPSA) is 29.3 Å². The lowest BCUT2D eigenvalue weighted by atomic mass is 10.00. The van der Waals surface area contributed by atoms with Gasteiger partial charge in [0, 0.05) is 36.1 Å². The van der Waals surface area contributed by atoms with Crippen LogP contribution in [0.1, 0.15) is 31.9 Å². The third-order valence-electron chi connectivity index (χ3n) is 3.47. The van der Waals surface area contributed by atoms with Crippen LogP contribution < -0.4 is 5.73 Å². The SMILES string of the molecule is CC1(C)CN(C(CC(N)=S)c2ccccc2)CCS1. The van der Waals surface area contributed by atoms with E-state index in [0.29, 0.717) is 15.8 Å². The zero-order valence-electron chi connectivity index (χ0n) is 11.6. The van der Waals surface area contributed by atoms with Crippen LogP contribution in [-0.4, -0.2) is 33.5 Å². The second-order valence-corrected chi connectivity index (χ2v) is 8.00. The van der Waals surface area contributed by atoms with E-state index in [1.807, 2.05) is 11.8 Å². The Hall–Kier alpha value is -0.580. The summed E-state index contributed by atoms with van der Waals surface area (Å²) in [6.07, 6.45) is 0.764. The molecule has 1 saturated heterocycles. The van der Waals surface area contributed by atoms with Crippen molar-refractivity contribution in [2.24, 2.45) is 5.73 Å². The molecule has 2 rings (SSSR count). The Labute approximate surface area is 125 Å². The van der Waals surface area contributed by atoms with Crippen LogP contribution in [-0.2, 0) is 0 Å². The molecule has 1 aliphatic heterocycles. The first-order valence-electron chi connectivity index (χ1n) is 6.69. The normalized spacial score (nSPS) is 20.9. The molecule has 0 aromatic heterocycles. The molecule has 1 heterocycles. The fourth-order valence-electron chi connectivity index (χ4n) is 2.64. The van der Waals surface area contributed by atoms with Crippen molar-refractivity contribution < 1.29 is 0 Å². The second kappa shape index (κ2) is 6.25. The van der Waals surface area contributed by atoms with E-state index in [2.05, 4.69) is 49.1 Å². The fourth-order valence-corrected chi connectivity index (χ4v) is 3.94. The predicted molar refractivity (Wildman–Crippen MR) is 88.7 cm³/mol. The third kappa shape index (κ3) is 4.20. The average Bonchev–Trinajstić information content (AvgIpc) is 2.35. The maximum Gasteiger partial charge on any atom is 0.0746 e. The summed E-state index contributed by atoms with van der Waals surface area (Å²) in [5.41, 5.74) is 7.12. The van der Waals surface area contributed by atoms with Gasteiger partial charge in [-0.15, -0.1) is 0 Å². The molecule has 4 heteroatoms. The summed E-state index contributed by atoms with van der Waals surface area (Å²) in [5.74, 6) is 1.17. The largest absolute Gasteiger partial charge is 0.393 e. The number of benzene rings is 1. The Morgan fingerprint density at radius 3 is 2.68 bits per heavy atom. The lowest BCUT2D eigenvalue weighted by Crippen LogP contribution is -2.45. The van der Waals surface area contributed by atoms with Crippen molar-refractivity contribution in [3.63, 3.8) is 0 Å². The van der Waals surface area contributed by atoms with Gasteiger partial charge in [0.2, 0.25) is 0 Å². The summed E-state index contributed by atoms with van der Waals surface area (Å²) in [4.78, 5) is 3.13. The minimum atomic E-state index is 0.307. The van der Waals surface area contributed by atoms with E-state index in [1.54, 1.807) is 0 Å². The van der Waals surface area contributed by atoms with Gasteiger partial charge in [0.05, 0.1) is 4.99 Å². The molecule has 1 atom stereocenters. The fraction of sp³-hybridized carbons (Fsp3) is 0.533. The summed E-state index contributed by atoms with van der Waals surface area (Å²) in [5, 5.41) is 0. The highest BCUT2D eigenvalue weighted by Gasteiger charge is 2.31. The van der Waals surface area contributed by atoms with E-state index in [-0.39, 0.29) is 0 Å². The molecular formula is C15H22N2S2. The Kier molecular flexibility index (Phi) is 4.87. The van der Waals surface area contributed by atoms with Crippen LogP contribution >= 0.6 is 24.0 Å². The highest BCUT2D eigenvalue weighted by atomic mass is 32.2. The number of thioether (sulfide) groups is 1. The van der Waals surface area contributed by atoms with Crippen LogP contribution in [0.3, 0.4) is 0 Å². The maximum absolute atomic E-state index is 5.80. The molecule has 0 radical (unpaired) electrons. The van der Waals surface area contributed by atoms with Crippen molar-refractivity contribution in [3.05, 3.63) is 35.9 Å². The molecule has 0 bridgehead atoms. The molecule has 1 aliphatic rings. The summed E-state index contributed by atoms with van der Waals surface area (Å²) < 4.78 is 0.307. The number of nitrogens with two attached hydrogens (primary N) is 1. The molecule has 104 valence electrons. The van der Waals surface area contributed by atoms with Crippen LogP contribution in [0, 0.1) is 0 Å². The zero-order valence-corrected chi connectivity index (χ0v) is 13.3. The highest BCUT2D eigenvalue weighted by Crippen LogP contribution is 2.35. The van der Waals surface area contributed by atoms with Gasteiger partial charge in [-0.05, 0) is 19.4 Å². The van der Waals surface area contributed by atoms with Crippen molar-refractivity contribution in [2.75, 3.05) is 18.8 Å². The number of thiocarbonyl (C=S) groups is 1. The zero-order chi connectivity index (χ0) is 13.9. The number of nitrogens with zero attached hydrogens (tertiary/aromatic N) is 1. The van der Waals surface area contributed by atoms with Crippen LogP contribution in [0.15, 0.2) is 30.3 Å². The average molecular weight is 294 g/mol. The lowest BCUT2D eigenvalue weighted by Gasteiger charge is -2.42. The first-order valence-corrected chi connectivity index (χ1v) is 8.08. The smallest absolute Gasteiger partial charge is 0.0746 e.